The lowest BCUT2D eigenvalue weighted by atomic mass is 10.1. The number of aliphatic carboxylic acids is 1. The fraction of sp³-hybridized carbons (Fsp3) is 0.587. The summed E-state index contributed by atoms with van der Waals surface area (Å²) in [6, 6.07) is -1.56. The number of rotatable bonds is 38. The molecule has 0 aromatic carbocycles. The van der Waals surface area contributed by atoms with Gasteiger partial charge in [-0.05, 0) is 83.5 Å². The molecule has 4 N–H and O–H groups in total. The van der Waals surface area contributed by atoms with Crippen LogP contribution in [0.15, 0.2) is 97.2 Å². The van der Waals surface area contributed by atoms with E-state index in [9.17, 15) is 34.1 Å². The minimum Gasteiger partial charge on any atom is -0.480 e. The summed E-state index contributed by atoms with van der Waals surface area (Å²) in [5.41, 5.74) is 0. The second-order valence-electron chi connectivity index (χ2n) is 13.8. The summed E-state index contributed by atoms with van der Waals surface area (Å²) in [6.07, 6.45) is 50.1. The molecular weight excluding hydrogens is 757 g/mol. The molecule has 0 bridgehead atoms. The van der Waals surface area contributed by atoms with Gasteiger partial charge in [0, 0.05) is 12.8 Å². The Bertz CT molecular complexity index is 1350. The number of carbonyl (C=O) groups is 3. The number of amides is 1. The van der Waals surface area contributed by atoms with Crippen LogP contribution >= 0.6 is 7.82 Å². The van der Waals surface area contributed by atoms with Gasteiger partial charge in [-0.1, -0.05) is 143 Å². The number of carboxylic acid groups (broad SMARTS) is 1. The fourth-order valence-electron chi connectivity index (χ4n) is 5.13. The van der Waals surface area contributed by atoms with Crippen molar-refractivity contribution >= 4 is 25.7 Å². The van der Waals surface area contributed by atoms with Crippen LogP contribution in [0.4, 0.5) is 0 Å². The van der Waals surface area contributed by atoms with Crippen LogP contribution in [0, 0.1) is 0 Å². The first-order valence-corrected chi connectivity index (χ1v) is 22.8. The van der Waals surface area contributed by atoms with Crippen LogP contribution in [0.2, 0.25) is 0 Å². The number of carboxylic acids is 1. The highest BCUT2D eigenvalue weighted by Crippen LogP contribution is 2.43. The van der Waals surface area contributed by atoms with Gasteiger partial charge in [0.05, 0.1) is 13.2 Å². The Kier molecular flexibility index (Phi) is 37.7. The smallest absolute Gasteiger partial charge is 0.472 e. The molecule has 0 aliphatic rings. The molecule has 0 aliphatic heterocycles. The first-order valence-electron chi connectivity index (χ1n) is 21.3. The van der Waals surface area contributed by atoms with Gasteiger partial charge in [0.15, 0.2) is 6.04 Å². The number of nitrogens with one attached hydrogen (secondary N) is 1. The molecule has 11 nitrogen and oxygen atoms in total. The van der Waals surface area contributed by atoms with E-state index in [1.165, 1.54) is 0 Å². The van der Waals surface area contributed by atoms with Crippen LogP contribution in [0.3, 0.4) is 0 Å². The Labute approximate surface area is 349 Å². The SMILES string of the molecule is CC/C=C\C/C=C\C/C=C\C/C=C\C/C=C\CCCC(=O)OCC(O)COP(=O)(O)OCC(NC(=O)CCCCCCCCC/C=C\C/C=C\C/C=C\CC)C(=O)O. The third-order valence-electron chi connectivity index (χ3n) is 8.37. The van der Waals surface area contributed by atoms with E-state index in [1.807, 2.05) is 12.2 Å². The van der Waals surface area contributed by atoms with Gasteiger partial charge in [-0.15, -0.1) is 0 Å². The molecule has 0 saturated carbocycles. The summed E-state index contributed by atoms with van der Waals surface area (Å²) in [7, 11) is -4.78. The van der Waals surface area contributed by atoms with Crippen molar-refractivity contribution in [2.24, 2.45) is 0 Å². The topological polar surface area (TPSA) is 169 Å². The quantitative estimate of drug-likeness (QED) is 0.0203. The monoisotopic (exact) mass is 832 g/mol. The molecular formula is C46H74NO10P. The van der Waals surface area contributed by atoms with Gasteiger partial charge in [0.2, 0.25) is 5.91 Å². The zero-order valence-corrected chi connectivity index (χ0v) is 36.2. The Morgan fingerprint density at radius 2 is 0.966 bits per heavy atom. The molecule has 0 aliphatic carbocycles. The first-order chi connectivity index (χ1) is 28.1. The van der Waals surface area contributed by atoms with E-state index in [0.29, 0.717) is 19.3 Å². The highest BCUT2D eigenvalue weighted by Gasteiger charge is 2.28. The summed E-state index contributed by atoms with van der Waals surface area (Å²) < 4.78 is 26.8. The normalized spacial score (nSPS) is 14.7. The molecule has 0 aromatic heterocycles. The average molecular weight is 832 g/mol. The van der Waals surface area contributed by atoms with Gasteiger partial charge in [0.25, 0.3) is 0 Å². The molecule has 58 heavy (non-hydrogen) atoms. The Balaban J connectivity index is 4.02. The maximum Gasteiger partial charge on any atom is 0.472 e. The Morgan fingerprint density at radius 1 is 0.552 bits per heavy atom. The molecule has 0 rings (SSSR count). The van der Waals surface area contributed by atoms with Gasteiger partial charge < -0.3 is 25.2 Å². The van der Waals surface area contributed by atoms with Crippen LogP contribution < -0.4 is 5.32 Å². The van der Waals surface area contributed by atoms with E-state index in [4.69, 9.17) is 13.8 Å². The van der Waals surface area contributed by atoms with Crippen LogP contribution in [0.25, 0.3) is 0 Å². The number of hydrogen-bond acceptors (Lipinski definition) is 8. The molecule has 0 spiro atoms. The molecule has 3 atom stereocenters. The Morgan fingerprint density at radius 3 is 1.45 bits per heavy atom. The van der Waals surface area contributed by atoms with E-state index in [0.717, 1.165) is 96.3 Å². The Hall–Kier alpha value is -3.60. The third kappa shape index (κ3) is 39.2. The lowest BCUT2D eigenvalue weighted by molar-refractivity contribution is -0.147. The fourth-order valence-corrected chi connectivity index (χ4v) is 5.90. The van der Waals surface area contributed by atoms with Crippen molar-refractivity contribution in [1.82, 2.24) is 5.32 Å². The standard InChI is InChI=1S/C46H74NO10P/c1-3-5-7-9-11-13-15-17-19-21-23-25-27-29-31-33-35-37-44(49)47-43(46(51)52)41-57-58(53,54)56-40-42(48)39-55-45(50)38-36-34-32-30-28-26-24-22-20-18-16-14-12-10-8-6-4-2/h5-8,11-14,17-20,24,26,30,32,42-43,48H,3-4,9-10,15-16,21-23,25,27-29,31,33-41H2,1-2H3,(H,47,49)(H,51,52)(H,53,54)/b7-5-,8-6-,13-11-,14-12-,19-17-,20-18-,26-24-,32-30-. The van der Waals surface area contributed by atoms with Crippen LogP contribution in [0.5, 0.6) is 0 Å². The first kappa shape index (κ1) is 54.4. The maximum absolute atomic E-state index is 12.3. The minimum atomic E-state index is -4.78. The van der Waals surface area contributed by atoms with E-state index < -0.39 is 57.6 Å². The summed E-state index contributed by atoms with van der Waals surface area (Å²) in [5.74, 6) is -2.47. The molecule has 1 amide bonds. The lowest BCUT2D eigenvalue weighted by Gasteiger charge is -2.18. The molecule has 12 heteroatoms. The predicted molar refractivity (Wildman–Crippen MR) is 235 cm³/mol. The van der Waals surface area contributed by atoms with E-state index in [-0.39, 0.29) is 12.8 Å². The lowest BCUT2D eigenvalue weighted by Crippen LogP contribution is -2.43. The van der Waals surface area contributed by atoms with Crippen molar-refractivity contribution in [1.29, 1.82) is 0 Å². The zero-order chi connectivity index (χ0) is 42.8. The number of carbonyl (C=O) groups excluding carboxylic acids is 2. The summed E-state index contributed by atoms with van der Waals surface area (Å²) in [5, 5.41) is 21.8. The number of aliphatic hydroxyl groups excluding tert-OH is 1. The second kappa shape index (κ2) is 40.2. The molecule has 0 aromatic rings. The highest BCUT2D eigenvalue weighted by molar-refractivity contribution is 7.47. The summed E-state index contributed by atoms with van der Waals surface area (Å²) >= 11 is 0. The van der Waals surface area contributed by atoms with Crippen molar-refractivity contribution in [3.63, 3.8) is 0 Å². The number of esters is 1. The average Bonchev–Trinajstić information content (AvgIpc) is 3.20. The molecule has 0 saturated heterocycles. The maximum atomic E-state index is 12.3. The summed E-state index contributed by atoms with van der Waals surface area (Å²) in [4.78, 5) is 45.9. The zero-order valence-electron chi connectivity index (χ0n) is 35.3. The van der Waals surface area contributed by atoms with Crippen LogP contribution in [-0.2, 0) is 32.7 Å². The van der Waals surface area contributed by atoms with Gasteiger partial charge in [-0.2, -0.15) is 0 Å². The number of phosphoric ester groups is 1. The highest BCUT2D eigenvalue weighted by atomic mass is 31.2. The van der Waals surface area contributed by atoms with Gasteiger partial charge in [0.1, 0.15) is 12.7 Å². The molecule has 3 unspecified atom stereocenters. The summed E-state index contributed by atoms with van der Waals surface area (Å²) in [6.45, 7) is 2.28. The van der Waals surface area contributed by atoms with Crippen LogP contribution in [0.1, 0.15) is 142 Å². The van der Waals surface area contributed by atoms with Gasteiger partial charge in [-0.3, -0.25) is 18.6 Å². The van der Waals surface area contributed by atoms with Gasteiger partial charge in [-0.25, -0.2) is 9.36 Å². The number of aliphatic hydroxyl groups is 1. The number of hydrogen-bond donors (Lipinski definition) is 4. The molecule has 0 radical (unpaired) electrons. The number of unbranched alkanes of at least 4 members (excludes halogenated alkanes) is 8. The number of ether oxygens (including phenoxy) is 1. The van der Waals surface area contributed by atoms with Gasteiger partial charge >= 0.3 is 19.8 Å². The third-order valence-corrected chi connectivity index (χ3v) is 9.32. The minimum absolute atomic E-state index is 0.124. The van der Waals surface area contributed by atoms with E-state index in [1.54, 1.807) is 0 Å². The van der Waals surface area contributed by atoms with Crippen molar-refractivity contribution < 1.29 is 47.8 Å². The van der Waals surface area contributed by atoms with E-state index >= 15 is 0 Å². The van der Waals surface area contributed by atoms with Crippen molar-refractivity contribution in [2.45, 2.75) is 154 Å². The molecule has 0 heterocycles. The molecule has 328 valence electrons. The van der Waals surface area contributed by atoms with Crippen LogP contribution in [-0.4, -0.2) is 64.9 Å². The van der Waals surface area contributed by atoms with Crippen molar-refractivity contribution in [3.8, 4) is 0 Å². The number of allylic oxidation sites excluding steroid dienone is 16. The number of phosphoric acid groups is 1. The second-order valence-corrected chi connectivity index (χ2v) is 15.2. The van der Waals surface area contributed by atoms with Crippen molar-refractivity contribution in [2.75, 3.05) is 19.8 Å². The predicted octanol–water partition coefficient (Wildman–Crippen LogP) is 10.9. The van der Waals surface area contributed by atoms with E-state index in [2.05, 4.69) is 104 Å². The van der Waals surface area contributed by atoms with Crippen molar-refractivity contribution in [3.05, 3.63) is 97.2 Å². The largest absolute Gasteiger partial charge is 0.480 e. The molecule has 0 fully saturated rings.